The number of nitrogens with zero attached hydrogens (tertiary/aromatic N) is 3. The number of halogens is 1. The second-order valence-corrected chi connectivity index (χ2v) is 12.0. The fourth-order valence-electron chi connectivity index (χ4n) is 6.36. The molecule has 2 aliphatic heterocycles. The number of fused-ring (bicyclic) bond motifs is 1. The number of carbonyl (C=O) groups is 3. The molecule has 8 nitrogen and oxygen atoms in total. The Labute approximate surface area is 258 Å². The average Bonchev–Trinajstić information content (AvgIpc) is 3.17. The largest absolute Gasteiger partial charge is 0.361 e. The van der Waals surface area contributed by atoms with Gasteiger partial charge in [-0.25, -0.2) is 4.39 Å². The highest BCUT2D eigenvalue weighted by molar-refractivity contribution is 6.08. The van der Waals surface area contributed by atoms with Crippen molar-refractivity contribution in [2.45, 2.75) is 57.2 Å². The van der Waals surface area contributed by atoms with Crippen LogP contribution in [0.25, 0.3) is 0 Å². The molecule has 1 saturated heterocycles. The Bertz CT molecular complexity index is 1500. The van der Waals surface area contributed by atoms with Crippen LogP contribution >= 0.6 is 0 Å². The van der Waals surface area contributed by atoms with E-state index in [-0.39, 0.29) is 30.1 Å². The van der Waals surface area contributed by atoms with Gasteiger partial charge in [0.05, 0.1) is 5.69 Å². The number of hydrogen-bond donors (Lipinski definition) is 1. The number of aryl methyl sites for hydroxylation is 1. The van der Waals surface area contributed by atoms with Gasteiger partial charge in [-0.05, 0) is 112 Å². The minimum Gasteiger partial charge on any atom is -0.361 e. The molecule has 0 bridgehead atoms. The molecule has 1 N–H and O–H groups in total. The monoisotopic (exact) mass is 600 g/mol. The van der Waals surface area contributed by atoms with E-state index in [0.717, 1.165) is 18.4 Å². The molecule has 3 amide bonds. The maximum atomic E-state index is 14.7. The molecule has 0 spiro atoms. The second kappa shape index (κ2) is 13.7. The molecule has 44 heavy (non-hydrogen) atoms. The highest BCUT2D eigenvalue weighted by Crippen LogP contribution is 2.40. The van der Waals surface area contributed by atoms with Crippen LogP contribution in [-0.2, 0) is 9.53 Å². The molecule has 9 heteroatoms. The molecule has 0 aliphatic carbocycles. The normalized spacial score (nSPS) is 19.0. The van der Waals surface area contributed by atoms with E-state index >= 15 is 0 Å². The van der Waals surface area contributed by atoms with Gasteiger partial charge >= 0.3 is 0 Å². The number of piperidine rings is 1. The predicted octanol–water partition coefficient (Wildman–Crippen LogP) is 5.83. The first-order valence-electron chi connectivity index (χ1n) is 15.2. The highest BCUT2D eigenvalue weighted by atomic mass is 19.1. The van der Waals surface area contributed by atoms with E-state index in [9.17, 15) is 18.8 Å². The van der Waals surface area contributed by atoms with Gasteiger partial charge < -0.3 is 19.9 Å². The summed E-state index contributed by atoms with van der Waals surface area (Å²) in [4.78, 5) is 45.9. The molecule has 2 heterocycles. The topological polar surface area (TPSA) is 82.2 Å². The second-order valence-electron chi connectivity index (χ2n) is 12.0. The van der Waals surface area contributed by atoms with Crippen molar-refractivity contribution in [3.05, 3.63) is 94.8 Å². The van der Waals surface area contributed by atoms with Gasteiger partial charge in [0, 0.05) is 49.5 Å². The molecule has 2 unspecified atom stereocenters. The van der Waals surface area contributed by atoms with Crippen LogP contribution in [0.5, 0.6) is 0 Å². The molecule has 2 atom stereocenters. The fraction of sp³-hybridized carbons (Fsp3) is 0.400. The Morgan fingerprint density at radius 1 is 0.955 bits per heavy atom. The van der Waals surface area contributed by atoms with Crippen molar-refractivity contribution in [3.63, 3.8) is 0 Å². The minimum absolute atomic E-state index is 0.0551. The lowest BCUT2D eigenvalue weighted by Gasteiger charge is -2.36. The van der Waals surface area contributed by atoms with Crippen molar-refractivity contribution in [3.8, 4) is 0 Å². The summed E-state index contributed by atoms with van der Waals surface area (Å²) in [6.45, 7) is 3.29. The summed E-state index contributed by atoms with van der Waals surface area (Å²) in [7, 11) is 5.69. The van der Waals surface area contributed by atoms with Crippen LogP contribution in [0.15, 0.2) is 66.7 Å². The van der Waals surface area contributed by atoms with Gasteiger partial charge in [-0.1, -0.05) is 18.2 Å². The number of benzene rings is 3. The van der Waals surface area contributed by atoms with Gasteiger partial charge in [-0.2, -0.15) is 0 Å². The minimum atomic E-state index is -0.594. The van der Waals surface area contributed by atoms with Crippen LogP contribution in [0.1, 0.15) is 69.9 Å². The molecule has 0 radical (unpaired) electrons. The number of rotatable bonds is 7. The van der Waals surface area contributed by atoms with Crippen molar-refractivity contribution >= 4 is 29.1 Å². The van der Waals surface area contributed by atoms with E-state index in [0.29, 0.717) is 60.0 Å². The molecule has 0 saturated carbocycles. The summed E-state index contributed by atoms with van der Waals surface area (Å²) in [5, 5.41) is 2.89. The van der Waals surface area contributed by atoms with Gasteiger partial charge in [-0.3, -0.25) is 19.3 Å². The molecule has 232 valence electrons. The number of amides is 3. The third kappa shape index (κ3) is 6.84. The van der Waals surface area contributed by atoms with Crippen LogP contribution in [-0.4, -0.2) is 74.1 Å². The predicted molar refractivity (Wildman–Crippen MR) is 169 cm³/mol. The molecule has 1 fully saturated rings. The zero-order valence-electron chi connectivity index (χ0n) is 25.9. The van der Waals surface area contributed by atoms with Gasteiger partial charge in [-0.15, -0.1) is 0 Å². The van der Waals surface area contributed by atoms with E-state index in [1.165, 1.54) is 12.1 Å². The molecule has 2 aliphatic rings. The lowest BCUT2D eigenvalue weighted by Crippen LogP contribution is -2.44. The summed E-state index contributed by atoms with van der Waals surface area (Å²) in [5.41, 5.74) is 3.58. The van der Waals surface area contributed by atoms with Crippen LogP contribution in [0, 0.1) is 12.7 Å². The van der Waals surface area contributed by atoms with Gasteiger partial charge in [0.15, 0.2) is 0 Å². The van der Waals surface area contributed by atoms with Crippen LogP contribution in [0.2, 0.25) is 0 Å². The Balaban J connectivity index is 1.36. The van der Waals surface area contributed by atoms with Crippen LogP contribution in [0.3, 0.4) is 0 Å². The molecular formula is C35H41FN4O4. The van der Waals surface area contributed by atoms with E-state index in [2.05, 4.69) is 24.3 Å². The van der Waals surface area contributed by atoms with Crippen molar-refractivity contribution in [2.24, 2.45) is 0 Å². The van der Waals surface area contributed by atoms with Crippen molar-refractivity contribution in [1.29, 1.82) is 0 Å². The van der Waals surface area contributed by atoms with Crippen molar-refractivity contribution < 1.29 is 23.5 Å². The fourth-order valence-corrected chi connectivity index (χ4v) is 6.36. The lowest BCUT2D eigenvalue weighted by atomic mass is 9.90. The molecule has 0 aromatic heterocycles. The Hall–Kier alpha value is -4.08. The first kappa shape index (κ1) is 31.3. The third-order valence-corrected chi connectivity index (χ3v) is 8.98. The number of methoxy groups -OCH3 is 1. The summed E-state index contributed by atoms with van der Waals surface area (Å²) in [6.07, 6.45) is 2.57. The van der Waals surface area contributed by atoms with E-state index < -0.39 is 12.0 Å². The smallest absolute Gasteiger partial charge is 0.260 e. The Morgan fingerprint density at radius 2 is 1.66 bits per heavy atom. The Kier molecular flexibility index (Phi) is 9.76. The summed E-state index contributed by atoms with van der Waals surface area (Å²) in [6, 6.07) is 18.9. The first-order chi connectivity index (χ1) is 21.2. The molecule has 3 aromatic carbocycles. The summed E-state index contributed by atoms with van der Waals surface area (Å²) in [5.74, 6) is -1.15. The summed E-state index contributed by atoms with van der Waals surface area (Å²) >= 11 is 0. The van der Waals surface area contributed by atoms with Crippen LogP contribution in [0.4, 0.5) is 15.8 Å². The standard InChI is InChI=1S/C35H41FN4O4/c1-23-7-5-6-8-29(23)34(42)37-27-13-9-24(10-14-27)35(43)40-31-15-12-26(36)22-30(31)25(11-16-33(40)44-4)21-32(41)39-19-17-28(18-20-39)38(2)3/h5-10,12-15,22,25,28,33H,11,16-21H2,1-4H3,(H,37,42). The number of nitrogens with one attached hydrogen (secondary N) is 1. The number of ether oxygens (including phenoxy) is 1. The number of carbonyl (C=O) groups excluding carboxylic acids is 3. The van der Waals surface area contributed by atoms with E-state index in [1.807, 2.05) is 30.0 Å². The lowest BCUT2D eigenvalue weighted by molar-refractivity contribution is -0.133. The highest BCUT2D eigenvalue weighted by Gasteiger charge is 2.36. The SMILES string of the molecule is COC1CCC(CC(=O)N2CCC(N(C)C)CC2)c2cc(F)ccc2N1C(=O)c1ccc(NC(=O)c2ccccc2C)cc1. The quantitative estimate of drug-likeness (QED) is 0.369. The maximum Gasteiger partial charge on any atom is 0.260 e. The molecular weight excluding hydrogens is 559 g/mol. The van der Waals surface area contributed by atoms with Gasteiger partial charge in [0.1, 0.15) is 12.0 Å². The first-order valence-corrected chi connectivity index (χ1v) is 15.2. The Morgan fingerprint density at radius 3 is 2.32 bits per heavy atom. The number of hydrogen-bond acceptors (Lipinski definition) is 5. The van der Waals surface area contributed by atoms with Crippen LogP contribution < -0.4 is 10.2 Å². The van der Waals surface area contributed by atoms with E-state index in [1.54, 1.807) is 48.4 Å². The average molecular weight is 601 g/mol. The zero-order valence-corrected chi connectivity index (χ0v) is 25.9. The molecule has 5 rings (SSSR count). The molecule has 3 aromatic rings. The maximum absolute atomic E-state index is 14.7. The zero-order chi connectivity index (χ0) is 31.4. The number of anilines is 2. The van der Waals surface area contributed by atoms with Crippen molar-refractivity contribution in [2.75, 3.05) is 44.5 Å². The third-order valence-electron chi connectivity index (χ3n) is 8.98. The summed E-state index contributed by atoms with van der Waals surface area (Å²) < 4.78 is 20.5. The number of likely N-dealkylation sites (tertiary alicyclic amines) is 1. The van der Waals surface area contributed by atoms with Gasteiger partial charge in [0.2, 0.25) is 5.91 Å². The van der Waals surface area contributed by atoms with Gasteiger partial charge in [0.25, 0.3) is 11.8 Å². The van der Waals surface area contributed by atoms with Crippen molar-refractivity contribution in [1.82, 2.24) is 9.80 Å². The van der Waals surface area contributed by atoms with E-state index in [4.69, 9.17) is 4.74 Å².